The Kier molecular flexibility index (Phi) is 8.27. The van der Waals surface area contributed by atoms with E-state index in [4.69, 9.17) is 17.0 Å². The standard InChI is InChI=1S/C24H28BrN3O3S2/c1-31-11-9-26-22(29)15-27-14-17(19-13-18(25)6-7-20(19)27)12-21-23(30)28(24(32)33-21)10-8-16-4-2-3-5-16/h6-7,12-14,16H,2-5,8-11,15H2,1H3,(H,26,29)/b21-12-. The maximum absolute atomic E-state index is 13.1. The molecule has 0 spiro atoms. The van der Waals surface area contributed by atoms with E-state index in [0.717, 1.165) is 27.4 Å². The molecule has 6 nitrogen and oxygen atoms in total. The molecule has 1 N–H and O–H groups in total. The number of carbonyl (C=O) groups excluding carboxylic acids is 2. The number of ether oxygens (including phenoxy) is 1. The minimum Gasteiger partial charge on any atom is -0.383 e. The van der Waals surface area contributed by atoms with Crippen LogP contribution >= 0.6 is 39.9 Å². The van der Waals surface area contributed by atoms with Gasteiger partial charge in [0.15, 0.2) is 0 Å². The first-order chi connectivity index (χ1) is 16.0. The molecule has 1 saturated carbocycles. The highest BCUT2D eigenvalue weighted by Gasteiger charge is 2.32. The number of hydrogen-bond acceptors (Lipinski definition) is 5. The smallest absolute Gasteiger partial charge is 0.266 e. The van der Waals surface area contributed by atoms with Gasteiger partial charge in [-0.25, -0.2) is 0 Å². The molecule has 2 aromatic rings. The first kappa shape index (κ1) is 24.4. The molecule has 2 heterocycles. The second kappa shape index (κ2) is 11.2. The van der Waals surface area contributed by atoms with Crippen molar-refractivity contribution < 1.29 is 14.3 Å². The highest BCUT2D eigenvalue weighted by Crippen LogP contribution is 2.36. The van der Waals surface area contributed by atoms with E-state index in [0.29, 0.717) is 34.8 Å². The number of fused-ring (bicyclic) bond motifs is 1. The molecule has 2 amide bonds. The predicted molar refractivity (Wildman–Crippen MR) is 141 cm³/mol. The van der Waals surface area contributed by atoms with Crippen LogP contribution in [-0.2, 0) is 20.9 Å². The number of carbonyl (C=O) groups is 2. The summed E-state index contributed by atoms with van der Waals surface area (Å²) in [6.45, 7) is 1.83. The van der Waals surface area contributed by atoms with Crippen molar-refractivity contribution in [2.45, 2.75) is 38.6 Å². The average Bonchev–Trinajstić information content (AvgIpc) is 3.47. The summed E-state index contributed by atoms with van der Waals surface area (Å²) in [5.74, 6) is 0.608. The molecular weight excluding hydrogens is 522 g/mol. The summed E-state index contributed by atoms with van der Waals surface area (Å²) in [4.78, 5) is 27.9. The van der Waals surface area contributed by atoms with Crippen LogP contribution in [0, 0.1) is 5.92 Å². The highest BCUT2D eigenvalue weighted by atomic mass is 79.9. The third-order valence-corrected chi connectivity index (χ3v) is 8.08. The zero-order valence-electron chi connectivity index (χ0n) is 18.6. The Balaban J connectivity index is 1.54. The lowest BCUT2D eigenvalue weighted by Gasteiger charge is -2.17. The van der Waals surface area contributed by atoms with Crippen molar-refractivity contribution in [2.75, 3.05) is 26.8 Å². The summed E-state index contributed by atoms with van der Waals surface area (Å²) in [7, 11) is 1.60. The van der Waals surface area contributed by atoms with Crippen LogP contribution in [0.4, 0.5) is 0 Å². The van der Waals surface area contributed by atoms with Crippen LogP contribution in [0.25, 0.3) is 17.0 Å². The van der Waals surface area contributed by atoms with E-state index >= 15 is 0 Å². The van der Waals surface area contributed by atoms with Crippen LogP contribution in [-0.4, -0.2) is 52.4 Å². The van der Waals surface area contributed by atoms with Crippen molar-refractivity contribution in [3.05, 3.63) is 39.3 Å². The summed E-state index contributed by atoms with van der Waals surface area (Å²) in [5, 5.41) is 3.83. The predicted octanol–water partition coefficient (Wildman–Crippen LogP) is 4.95. The molecule has 9 heteroatoms. The molecule has 1 aliphatic carbocycles. The Morgan fingerprint density at radius 2 is 2.15 bits per heavy atom. The summed E-state index contributed by atoms with van der Waals surface area (Å²) >= 11 is 10.4. The van der Waals surface area contributed by atoms with E-state index in [-0.39, 0.29) is 18.4 Å². The van der Waals surface area contributed by atoms with Crippen LogP contribution in [0.5, 0.6) is 0 Å². The molecule has 0 unspecified atom stereocenters. The molecule has 2 fully saturated rings. The SMILES string of the molecule is COCCNC(=O)Cn1cc(/C=C2\SC(=S)N(CCC3CCCC3)C2=O)c2cc(Br)ccc21. The number of thiocarbonyl (C=S) groups is 1. The third kappa shape index (κ3) is 5.88. The fourth-order valence-electron chi connectivity index (χ4n) is 4.49. The van der Waals surface area contributed by atoms with Gasteiger partial charge in [0.1, 0.15) is 10.9 Å². The molecule has 2 aliphatic rings. The topological polar surface area (TPSA) is 63.6 Å². The van der Waals surface area contributed by atoms with Gasteiger partial charge in [0.05, 0.1) is 11.5 Å². The summed E-state index contributed by atoms with van der Waals surface area (Å²) < 4.78 is 8.48. The van der Waals surface area contributed by atoms with Gasteiger partial charge in [-0.3, -0.25) is 14.5 Å². The van der Waals surface area contributed by atoms with Crippen LogP contribution in [0.15, 0.2) is 33.8 Å². The van der Waals surface area contributed by atoms with Gasteiger partial charge in [0.25, 0.3) is 5.91 Å². The molecule has 1 aliphatic heterocycles. The number of hydrogen-bond donors (Lipinski definition) is 1. The number of nitrogens with one attached hydrogen (secondary N) is 1. The molecule has 1 saturated heterocycles. The number of amides is 2. The van der Waals surface area contributed by atoms with Crippen LogP contribution in [0.1, 0.15) is 37.7 Å². The summed E-state index contributed by atoms with van der Waals surface area (Å²) in [6.07, 6.45) is 9.97. The van der Waals surface area contributed by atoms with Gasteiger partial charge in [-0.1, -0.05) is 65.6 Å². The zero-order valence-corrected chi connectivity index (χ0v) is 21.9. The first-order valence-electron chi connectivity index (χ1n) is 11.3. The van der Waals surface area contributed by atoms with Crippen molar-refractivity contribution in [3.8, 4) is 0 Å². The van der Waals surface area contributed by atoms with Gasteiger partial charge in [0.2, 0.25) is 5.91 Å². The van der Waals surface area contributed by atoms with Crippen molar-refractivity contribution in [2.24, 2.45) is 5.92 Å². The molecule has 0 bridgehead atoms. The van der Waals surface area contributed by atoms with E-state index in [1.165, 1.54) is 37.4 Å². The lowest BCUT2D eigenvalue weighted by molar-refractivity contribution is -0.122. The van der Waals surface area contributed by atoms with E-state index in [1.54, 1.807) is 12.0 Å². The zero-order chi connectivity index (χ0) is 23.4. The Morgan fingerprint density at radius 3 is 2.91 bits per heavy atom. The number of benzene rings is 1. The third-order valence-electron chi connectivity index (χ3n) is 6.21. The fraction of sp³-hybridized carbons (Fsp3) is 0.458. The lowest BCUT2D eigenvalue weighted by Crippen LogP contribution is -2.30. The summed E-state index contributed by atoms with van der Waals surface area (Å²) in [6, 6.07) is 5.95. The number of nitrogens with zero attached hydrogens (tertiary/aromatic N) is 2. The summed E-state index contributed by atoms with van der Waals surface area (Å²) in [5.41, 5.74) is 1.83. The van der Waals surface area contributed by atoms with Gasteiger partial charge >= 0.3 is 0 Å². The van der Waals surface area contributed by atoms with Crippen LogP contribution in [0.3, 0.4) is 0 Å². The van der Waals surface area contributed by atoms with Gasteiger partial charge < -0.3 is 14.6 Å². The van der Waals surface area contributed by atoms with Gasteiger partial charge in [-0.2, -0.15) is 0 Å². The maximum Gasteiger partial charge on any atom is 0.266 e. The minimum absolute atomic E-state index is 0.0174. The monoisotopic (exact) mass is 549 g/mol. The van der Waals surface area contributed by atoms with E-state index in [2.05, 4.69) is 21.2 Å². The van der Waals surface area contributed by atoms with Gasteiger partial charge in [-0.15, -0.1) is 0 Å². The normalized spacial score (nSPS) is 18.2. The van der Waals surface area contributed by atoms with Gasteiger partial charge in [-0.05, 0) is 36.6 Å². The lowest BCUT2D eigenvalue weighted by atomic mass is 10.0. The number of halogens is 1. The van der Waals surface area contributed by atoms with Crippen molar-refractivity contribution in [3.63, 3.8) is 0 Å². The molecule has 0 radical (unpaired) electrons. The molecule has 1 aromatic heterocycles. The van der Waals surface area contributed by atoms with Crippen molar-refractivity contribution in [1.29, 1.82) is 0 Å². The molecular formula is C24H28BrN3O3S2. The Bertz CT molecular complexity index is 1090. The first-order valence-corrected chi connectivity index (χ1v) is 13.3. The van der Waals surface area contributed by atoms with E-state index in [9.17, 15) is 9.59 Å². The second-order valence-corrected chi connectivity index (χ2v) is 11.1. The Labute approximate surface area is 212 Å². The number of methoxy groups -OCH3 is 1. The Morgan fingerprint density at radius 1 is 1.36 bits per heavy atom. The molecule has 4 rings (SSSR count). The van der Waals surface area contributed by atoms with Crippen molar-refractivity contribution in [1.82, 2.24) is 14.8 Å². The number of aromatic nitrogens is 1. The Hall–Kier alpha value is -1.68. The minimum atomic E-state index is -0.0864. The highest BCUT2D eigenvalue weighted by molar-refractivity contribution is 9.10. The van der Waals surface area contributed by atoms with Crippen LogP contribution < -0.4 is 5.32 Å². The van der Waals surface area contributed by atoms with E-state index in [1.807, 2.05) is 35.0 Å². The van der Waals surface area contributed by atoms with Gasteiger partial charge in [0, 0.05) is 47.3 Å². The fourth-order valence-corrected chi connectivity index (χ4v) is 6.15. The second-order valence-electron chi connectivity index (χ2n) is 8.49. The van der Waals surface area contributed by atoms with Crippen LogP contribution in [0.2, 0.25) is 0 Å². The molecule has 33 heavy (non-hydrogen) atoms. The maximum atomic E-state index is 13.1. The molecule has 176 valence electrons. The van der Waals surface area contributed by atoms with E-state index < -0.39 is 0 Å². The molecule has 1 aromatic carbocycles. The number of thioether (sulfide) groups is 1. The average molecular weight is 551 g/mol. The largest absolute Gasteiger partial charge is 0.383 e. The number of rotatable bonds is 9. The molecule has 0 atom stereocenters. The quantitative estimate of drug-likeness (QED) is 0.272. The van der Waals surface area contributed by atoms with Crippen molar-refractivity contribution >= 4 is 73.0 Å².